The Morgan fingerprint density at radius 3 is 2.52 bits per heavy atom. The minimum atomic E-state index is -0.594. The van der Waals surface area contributed by atoms with Gasteiger partial charge in [-0.25, -0.2) is 8.78 Å². The molecule has 2 aromatic rings. The van der Waals surface area contributed by atoms with Gasteiger partial charge >= 0.3 is 0 Å². The highest BCUT2D eigenvalue weighted by Crippen LogP contribution is 2.32. The van der Waals surface area contributed by atoms with Crippen LogP contribution in [0.3, 0.4) is 0 Å². The van der Waals surface area contributed by atoms with E-state index in [0.717, 1.165) is 28.4 Å². The smallest absolute Gasteiger partial charge is 0.241 e. The molecule has 1 atom stereocenters. The Labute approximate surface area is 169 Å². The molecule has 6 heteroatoms. The zero-order valence-corrected chi connectivity index (χ0v) is 16.5. The number of benzene rings is 2. The number of hydrogen-bond donors (Lipinski definition) is 1. The number of nitrogens with two attached hydrogens (primary N) is 1. The molecule has 2 aromatic carbocycles. The first-order valence-corrected chi connectivity index (χ1v) is 9.57. The summed E-state index contributed by atoms with van der Waals surface area (Å²) in [6.45, 7) is 4.31. The van der Waals surface area contributed by atoms with Gasteiger partial charge in [0.2, 0.25) is 11.8 Å². The topological polar surface area (TPSA) is 63.4 Å². The summed E-state index contributed by atoms with van der Waals surface area (Å²) < 4.78 is 27.2. The number of amides is 2. The molecule has 152 valence electrons. The Bertz CT molecular complexity index is 962. The van der Waals surface area contributed by atoms with Crippen molar-refractivity contribution in [2.75, 3.05) is 11.4 Å². The SMILES string of the molecule is Cc1cc(/C=C/C(N)=O)cc(C)c1N1CC(Cc2ccc(F)cc2F)CCC1=O. The van der Waals surface area contributed by atoms with Gasteiger partial charge in [-0.3, -0.25) is 9.59 Å². The van der Waals surface area contributed by atoms with Crippen molar-refractivity contribution >= 4 is 23.6 Å². The highest BCUT2D eigenvalue weighted by molar-refractivity contribution is 5.96. The van der Waals surface area contributed by atoms with E-state index < -0.39 is 17.5 Å². The predicted octanol–water partition coefficient (Wildman–Crippen LogP) is 4.07. The lowest BCUT2D eigenvalue weighted by Gasteiger charge is -2.35. The quantitative estimate of drug-likeness (QED) is 0.772. The minimum Gasteiger partial charge on any atom is -0.366 e. The van der Waals surface area contributed by atoms with Crippen molar-refractivity contribution in [1.82, 2.24) is 0 Å². The van der Waals surface area contributed by atoms with Crippen molar-refractivity contribution in [2.45, 2.75) is 33.1 Å². The summed E-state index contributed by atoms with van der Waals surface area (Å²) in [7, 11) is 0. The third kappa shape index (κ3) is 4.88. The monoisotopic (exact) mass is 398 g/mol. The number of aryl methyl sites for hydroxylation is 2. The average Bonchev–Trinajstić information content (AvgIpc) is 2.64. The third-order valence-corrected chi connectivity index (χ3v) is 5.26. The molecule has 0 bridgehead atoms. The molecule has 1 saturated heterocycles. The summed E-state index contributed by atoms with van der Waals surface area (Å²) in [6.07, 6.45) is 4.45. The van der Waals surface area contributed by atoms with Gasteiger partial charge in [0, 0.05) is 30.8 Å². The number of rotatable bonds is 5. The lowest BCUT2D eigenvalue weighted by Crippen LogP contribution is -2.41. The average molecular weight is 398 g/mol. The summed E-state index contributed by atoms with van der Waals surface area (Å²) >= 11 is 0. The van der Waals surface area contributed by atoms with Crippen LogP contribution in [-0.2, 0) is 16.0 Å². The fraction of sp³-hybridized carbons (Fsp3) is 0.304. The normalized spacial score (nSPS) is 17.2. The largest absolute Gasteiger partial charge is 0.366 e. The van der Waals surface area contributed by atoms with Crippen molar-refractivity contribution < 1.29 is 18.4 Å². The highest BCUT2D eigenvalue weighted by Gasteiger charge is 2.29. The Morgan fingerprint density at radius 2 is 1.90 bits per heavy atom. The van der Waals surface area contributed by atoms with E-state index in [2.05, 4.69) is 0 Å². The van der Waals surface area contributed by atoms with E-state index in [-0.39, 0.29) is 11.8 Å². The number of piperidine rings is 1. The Hall–Kier alpha value is -3.02. The number of primary amides is 1. The number of carbonyl (C=O) groups excluding carboxylic acids is 2. The molecule has 1 unspecified atom stereocenters. The van der Waals surface area contributed by atoms with Crippen LogP contribution >= 0.6 is 0 Å². The Kier molecular flexibility index (Phi) is 6.11. The van der Waals surface area contributed by atoms with E-state index in [1.807, 2.05) is 26.0 Å². The van der Waals surface area contributed by atoms with Crippen LogP contribution in [0.15, 0.2) is 36.4 Å². The zero-order chi connectivity index (χ0) is 21.1. The Morgan fingerprint density at radius 1 is 1.21 bits per heavy atom. The van der Waals surface area contributed by atoms with Crippen molar-refractivity contribution in [1.29, 1.82) is 0 Å². The molecule has 1 fully saturated rings. The van der Waals surface area contributed by atoms with Crippen LogP contribution < -0.4 is 10.6 Å². The molecule has 1 aliphatic heterocycles. The molecule has 0 aromatic heterocycles. The van der Waals surface area contributed by atoms with Gasteiger partial charge in [0.05, 0.1) is 0 Å². The Balaban J connectivity index is 1.83. The summed E-state index contributed by atoms with van der Waals surface area (Å²) in [5.74, 6) is -1.55. The van der Waals surface area contributed by atoms with E-state index >= 15 is 0 Å². The van der Waals surface area contributed by atoms with Gasteiger partial charge < -0.3 is 10.6 Å². The first kappa shape index (κ1) is 20.7. The maximum absolute atomic E-state index is 14.0. The number of anilines is 1. The molecule has 0 spiro atoms. The standard InChI is InChI=1S/C23H24F2N2O2/c1-14-9-16(3-7-21(26)28)10-15(2)23(14)27-13-17(4-8-22(27)29)11-18-5-6-19(24)12-20(18)25/h3,5-7,9-10,12,17H,4,8,11,13H2,1-2H3,(H2,26,28)/b7-3+. The van der Waals surface area contributed by atoms with Gasteiger partial charge in [-0.2, -0.15) is 0 Å². The number of carbonyl (C=O) groups is 2. The van der Waals surface area contributed by atoms with Crippen LogP contribution in [0.2, 0.25) is 0 Å². The number of nitrogens with zero attached hydrogens (tertiary/aromatic N) is 1. The molecular weight excluding hydrogens is 374 g/mol. The second-order valence-electron chi connectivity index (χ2n) is 7.59. The maximum Gasteiger partial charge on any atom is 0.241 e. The first-order valence-electron chi connectivity index (χ1n) is 9.57. The van der Waals surface area contributed by atoms with Crippen LogP contribution in [0, 0.1) is 31.4 Å². The lowest BCUT2D eigenvalue weighted by molar-refractivity contribution is -0.120. The van der Waals surface area contributed by atoms with Gasteiger partial charge in [-0.05, 0) is 79.1 Å². The van der Waals surface area contributed by atoms with Gasteiger partial charge in [-0.1, -0.05) is 6.07 Å². The summed E-state index contributed by atoms with van der Waals surface area (Å²) in [4.78, 5) is 25.4. The van der Waals surface area contributed by atoms with E-state index in [9.17, 15) is 18.4 Å². The van der Waals surface area contributed by atoms with E-state index in [4.69, 9.17) is 5.73 Å². The van der Waals surface area contributed by atoms with Crippen molar-refractivity contribution in [3.05, 3.63) is 70.3 Å². The molecule has 2 N–H and O–H groups in total. The van der Waals surface area contributed by atoms with E-state index in [1.54, 1.807) is 11.0 Å². The van der Waals surface area contributed by atoms with Crippen molar-refractivity contribution in [2.24, 2.45) is 11.7 Å². The molecule has 29 heavy (non-hydrogen) atoms. The molecule has 3 rings (SSSR count). The van der Waals surface area contributed by atoms with Crippen molar-refractivity contribution in [3.8, 4) is 0 Å². The highest BCUT2D eigenvalue weighted by atomic mass is 19.1. The van der Waals surface area contributed by atoms with Crippen LogP contribution in [-0.4, -0.2) is 18.4 Å². The molecule has 0 aliphatic carbocycles. The van der Waals surface area contributed by atoms with E-state index in [1.165, 1.54) is 18.2 Å². The second kappa shape index (κ2) is 8.55. The molecule has 2 amide bonds. The molecular formula is C23H24F2N2O2. The number of hydrogen-bond acceptors (Lipinski definition) is 2. The van der Waals surface area contributed by atoms with Crippen LogP contribution in [0.1, 0.15) is 35.1 Å². The summed E-state index contributed by atoms with van der Waals surface area (Å²) in [6, 6.07) is 7.43. The van der Waals surface area contributed by atoms with Crippen LogP contribution in [0.25, 0.3) is 6.08 Å². The van der Waals surface area contributed by atoms with Crippen LogP contribution in [0.4, 0.5) is 14.5 Å². The molecule has 0 saturated carbocycles. The summed E-state index contributed by atoms with van der Waals surface area (Å²) in [5.41, 5.74) is 9.12. The molecule has 1 heterocycles. The van der Waals surface area contributed by atoms with Gasteiger partial charge in [0.25, 0.3) is 0 Å². The lowest BCUT2D eigenvalue weighted by atomic mass is 9.89. The molecule has 0 radical (unpaired) electrons. The third-order valence-electron chi connectivity index (χ3n) is 5.26. The van der Waals surface area contributed by atoms with Gasteiger partial charge in [0.15, 0.2) is 0 Å². The van der Waals surface area contributed by atoms with Gasteiger partial charge in [-0.15, -0.1) is 0 Å². The molecule has 4 nitrogen and oxygen atoms in total. The second-order valence-corrected chi connectivity index (χ2v) is 7.59. The zero-order valence-electron chi connectivity index (χ0n) is 16.5. The maximum atomic E-state index is 14.0. The van der Waals surface area contributed by atoms with E-state index in [0.29, 0.717) is 31.4 Å². The van der Waals surface area contributed by atoms with Crippen LogP contribution in [0.5, 0.6) is 0 Å². The van der Waals surface area contributed by atoms with Crippen molar-refractivity contribution in [3.63, 3.8) is 0 Å². The first-order chi connectivity index (χ1) is 13.7. The fourth-order valence-corrected chi connectivity index (χ4v) is 3.98. The summed E-state index contributed by atoms with van der Waals surface area (Å²) in [5, 5.41) is 0. The van der Waals surface area contributed by atoms with Gasteiger partial charge in [0.1, 0.15) is 11.6 Å². The minimum absolute atomic E-state index is 0.0347. The predicted molar refractivity (Wildman–Crippen MR) is 109 cm³/mol. The molecule has 1 aliphatic rings. The fourth-order valence-electron chi connectivity index (χ4n) is 3.98. The number of halogens is 2.